The second-order valence-corrected chi connectivity index (χ2v) is 5.03. The molecule has 0 bridgehead atoms. The van der Waals surface area contributed by atoms with Crippen LogP contribution in [0.4, 0.5) is 5.69 Å². The Bertz CT molecular complexity index is 918. The third kappa shape index (κ3) is 4.03. The Labute approximate surface area is 136 Å². The fourth-order valence-electron chi connectivity index (χ4n) is 2.07. The van der Waals surface area contributed by atoms with E-state index in [4.69, 9.17) is 5.73 Å². The third-order valence-corrected chi connectivity index (χ3v) is 3.29. The molecule has 0 spiro atoms. The number of rotatable bonds is 0. The molecule has 0 saturated heterocycles. The van der Waals surface area contributed by atoms with Crippen molar-refractivity contribution in [3.8, 4) is 23.7 Å². The van der Waals surface area contributed by atoms with E-state index >= 15 is 0 Å². The molecule has 23 heavy (non-hydrogen) atoms. The molecule has 1 nitrogen and oxygen atoms in total. The van der Waals surface area contributed by atoms with E-state index in [1.807, 2.05) is 78.9 Å². The van der Waals surface area contributed by atoms with Gasteiger partial charge in [0.15, 0.2) is 0 Å². The van der Waals surface area contributed by atoms with Gasteiger partial charge >= 0.3 is 0 Å². The first-order valence-electron chi connectivity index (χ1n) is 7.35. The topological polar surface area (TPSA) is 26.0 Å². The predicted octanol–water partition coefficient (Wildman–Crippen LogP) is 4.07. The molecule has 0 fully saturated rings. The van der Waals surface area contributed by atoms with Crippen molar-refractivity contribution in [1.82, 2.24) is 0 Å². The van der Waals surface area contributed by atoms with E-state index < -0.39 is 0 Å². The van der Waals surface area contributed by atoms with Gasteiger partial charge in [0, 0.05) is 27.9 Å². The summed E-state index contributed by atoms with van der Waals surface area (Å²) in [5.74, 6) is 12.5. The van der Waals surface area contributed by atoms with Crippen molar-refractivity contribution in [2.75, 3.05) is 5.73 Å². The standard InChI is InChI=1S/C22H15N/c23-22-16-14-20(12-11-18-7-3-1-4-8-18)17-21(22)15-13-19-9-5-2-6-10-19/h1-10,14,16-17H,23H2. The van der Waals surface area contributed by atoms with Crippen LogP contribution >= 0.6 is 0 Å². The van der Waals surface area contributed by atoms with Crippen LogP contribution in [0.3, 0.4) is 0 Å². The molecule has 2 N–H and O–H groups in total. The van der Waals surface area contributed by atoms with Gasteiger partial charge in [0.1, 0.15) is 0 Å². The molecule has 0 heterocycles. The summed E-state index contributed by atoms with van der Waals surface area (Å²) in [6.45, 7) is 0. The Morgan fingerprint density at radius 3 is 1.65 bits per heavy atom. The summed E-state index contributed by atoms with van der Waals surface area (Å²) in [5.41, 5.74) is 10.3. The highest BCUT2D eigenvalue weighted by molar-refractivity contribution is 5.61. The average molecular weight is 293 g/mol. The number of hydrogen-bond acceptors (Lipinski definition) is 1. The SMILES string of the molecule is Nc1ccc(C#Cc2ccccc2)cc1C#Cc1ccccc1. The summed E-state index contributed by atoms with van der Waals surface area (Å²) in [4.78, 5) is 0. The van der Waals surface area contributed by atoms with E-state index in [9.17, 15) is 0 Å². The molecule has 0 unspecified atom stereocenters. The summed E-state index contributed by atoms with van der Waals surface area (Å²) in [6, 6.07) is 25.5. The second kappa shape index (κ2) is 7.03. The van der Waals surface area contributed by atoms with Crippen LogP contribution in [0.5, 0.6) is 0 Å². The van der Waals surface area contributed by atoms with Gasteiger partial charge in [-0.3, -0.25) is 0 Å². The van der Waals surface area contributed by atoms with Gasteiger partial charge in [-0.05, 0) is 42.5 Å². The highest BCUT2D eigenvalue weighted by Gasteiger charge is 1.97. The minimum Gasteiger partial charge on any atom is -0.398 e. The molecule has 3 rings (SSSR count). The zero-order valence-corrected chi connectivity index (χ0v) is 12.6. The molecule has 1 heteroatoms. The maximum atomic E-state index is 6.01. The molecular formula is C22H15N. The lowest BCUT2D eigenvalue weighted by molar-refractivity contribution is 1.58. The number of hydrogen-bond donors (Lipinski definition) is 1. The van der Waals surface area contributed by atoms with Gasteiger partial charge in [0.25, 0.3) is 0 Å². The van der Waals surface area contributed by atoms with Crippen LogP contribution in [0, 0.1) is 23.7 Å². The lowest BCUT2D eigenvalue weighted by Crippen LogP contribution is -1.91. The number of nitrogen functional groups attached to an aromatic ring is 1. The minimum atomic E-state index is 0.665. The summed E-state index contributed by atoms with van der Waals surface area (Å²) in [6.07, 6.45) is 0. The first kappa shape index (κ1) is 14.5. The van der Waals surface area contributed by atoms with Gasteiger partial charge in [-0.25, -0.2) is 0 Å². The summed E-state index contributed by atoms with van der Waals surface area (Å²) >= 11 is 0. The second-order valence-electron chi connectivity index (χ2n) is 5.03. The van der Waals surface area contributed by atoms with Crippen molar-refractivity contribution >= 4 is 5.69 Å². The van der Waals surface area contributed by atoms with Crippen molar-refractivity contribution in [2.45, 2.75) is 0 Å². The van der Waals surface area contributed by atoms with E-state index in [1.54, 1.807) is 0 Å². The minimum absolute atomic E-state index is 0.665. The Balaban J connectivity index is 1.89. The lowest BCUT2D eigenvalue weighted by Gasteiger charge is -1.99. The highest BCUT2D eigenvalue weighted by atomic mass is 14.5. The molecule has 3 aromatic rings. The molecule has 108 valence electrons. The van der Waals surface area contributed by atoms with E-state index in [1.165, 1.54) is 0 Å². The van der Waals surface area contributed by atoms with Crippen LogP contribution in [0.2, 0.25) is 0 Å². The third-order valence-electron chi connectivity index (χ3n) is 3.29. The zero-order chi connectivity index (χ0) is 15.9. The van der Waals surface area contributed by atoms with Crippen molar-refractivity contribution in [3.63, 3.8) is 0 Å². The van der Waals surface area contributed by atoms with Crippen molar-refractivity contribution in [3.05, 3.63) is 101 Å². The molecule has 0 aliphatic carbocycles. The summed E-state index contributed by atoms with van der Waals surface area (Å²) in [5, 5.41) is 0. The van der Waals surface area contributed by atoms with Gasteiger partial charge in [-0.2, -0.15) is 0 Å². The fourth-order valence-corrected chi connectivity index (χ4v) is 2.07. The monoisotopic (exact) mass is 293 g/mol. The Kier molecular flexibility index (Phi) is 4.44. The lowest BCUT2D eigenvalue weighted by atomic mass is 10.1. The van der Waals surface area contributed by atoms with Gasteiger partial charge < -0.3 is 5.73 Å². The molecule has 0 saturated carbocycles. The van der Waals surface area contributed by atoms with E-state index in [2.05, 4.69) is 23.7 Å². The van der Waals surface area contributed by atoms with E-state index in [0.29, 0.717) is 5.69 Å². The number of benzene rings is 3. The molecule has 0 amide bonds. The maximum absolute atomic E-state index is 6.01. The van der Waals surface area contributed by atoms with E-state index in [-0.39, 0.29) is 0 Å². The Morgan fingerprint density at radius 2 is 1.04 bits per heavy atom. The van der Waals surface area contributed by atoms with Crippen molar-refractivity contribution < 1.29 is 0 Å². The van der Waals surface area contributed by atoms with Crippen LogP contribution in [0.1, 0.15) is 22.3 Å². The first-order chi connectivity index (χ1) is 11.3. The molecule has 0 radical (unpaired) electrons. The normalized spacial score (nSPS) is 9.22. The highest BCUT2D eigenvalue weighted by Crippen LogP contribution is 2.13. The number of nitrogens with two attached hydrogens (primary N) is 1. The van der Waals surface area contributed by atoms with Crippen molar-refractivity contribution in [1.29, 1.82) is 0 Å². The average Bonchev–Trinajstić information content (AvgIpc) is 2.62. The largest absolute Gasteiger partial charge is 0.398 e. The quantitative estimate of drug-likeness (QED) is 0.491. The molecule has 0 atom stereocenters. The summed E-state index contributed by atoms with van der Waals surface area (Å²) < 4.78 is 0. The van der Waals surface area contributed by atoms with Crippen LogP contribution in [0.25, 0.3) is 0 Å². The molecule has 3 aromatic carbocycles. The predicted molar refractivity (Wildman–Crippen MR) is 95.7 cm³/mol. The number of anilines is 1. The van der Waals surface area contributed by atoms with Gasteiger partial charge in [-0.15, -0.1) is 0 Å². The van der Waals surface area contributed by atoms with Crippen molar-refractivity contribution in [2.24, 2.45) is 0 Å². The zero-order valence-electron chi connectivity index (χ0n) is 12.6. The Morgan fingerprint density at radius 1 is 0.522 bits per heavy atom. The molecule has 0 aromatic heterocycles. The van der Waals surface area contributed by atoms with Crippen LogP contribution < -0.4 is 5.73 Å². The van der Waals surface area contributed by atoms with Crippen LogP contribution in [-0.2, 0) is 0 Å². The van der Waals surface area contributed by atoms with Gasteiger partial charge in [0.2, 0.25) is 0 Å². The smallest absolute Gasteiger partial charge is 0.0491 e. The molecule has 0 aliphatic rings. The van der Waals surface area contributed by atoms with Crippen LogP contribution in [0.15, 0.2) is 78.9 Å². The van der Waals surface area contributed by atoms with E-state index in [0.717, 1.165) is 22.3 Å². The first-order valence-corrected chi connectivity index (χ1v) is 7.35. The van der Waals surface area contributed by atoms with Crippen LogP contribution in [-0.4, -0.2) is 0 Å². The molecule has 0 aliphatic heterocycles. The fraction of sp³-hybridized carbons (Fsp3) is 0. The Hall–Kier alpha value is -3.42. The van der Waals surface area contributed by atoms with Gasteiger partial charge in [0.05, 0.1) is 0 Å². The summed E-state index contributed by atoms with van der Waals surface area (Å²) in [7, 11) is 0. The van der Waals surface area contributed by atoms with Gasteiger partial charge in [-0.1, -0.05) is 60.1 Å². The maximum Gasteiger partial charge on any atom is 0.0491 e. The molecular weight excluding hydrogens is 278 g/mol.